The van der Waals surface area contributed by atoms with E-state index in [4.69, 9.17) is 16.9 Å². The molecule has 1 aliphatic heterocycles. The van der Waals surface area contributed by atoms with Crippen LogP contribution in [0.5, 0.6) is 0 Å². The number of hydrogen-bond acceptors (Lipinski definition) is 3. The average Bonchev–Trinajstić information content (AvgIpc) is 2.95. The minimum Gasteiger partial charge on any atom is -0.312 e. The molecule has 1 aliphatic carbocycles. The Balaban J connectivity index is 2.09. The molecule has 1 aromatic carbocycles. The lowest BCUT2D eigenvalue weighted by Crippen LogP contribution is -2.46. The molecule has 1 saturated heterocycles. The molecule has 1 spiro atoms. The fourth-order valence-corrected chi connectivity index (χ4v) is 3.65. The Kier molecular flexibility index (Phi) is 3.57. The molecule has 5 nitrogen and oxygen atoms in total. The van der Waals surface area contributed by atoms with Crippen molar-refractivity contribution >= 4 is 29.2 Å². The molecular weight excluding hydrogens is 340 g/mol. The van der Waals surface area contributed by atoms with E-state index in [1.165, 1.54) is 19.2 Å². The molecule has 3 amide bonds. The van der Waals surface area contributed by atoms with Gasteiger partial charge in [0.25, 0.3) is 11.8 Å². The molecule has 1 saturated carbocycles. The van der Waals surface area contributed by atoms with Crippen LogP contribution in [0.2, 0.25) is 5.02 Å². The molecule has 1 unspecified atom stereocenters. The first-order chi connectivity index (χ1) is 11.1. The van der Waals surface area contributed by atoms with Gasteiger partial charge in [0.05, 0.1) is 16.3 Å². The van der Waals surface area contributed by atoms with Crippen molar-refractivity contribution in [3.63, 3.8) is 0 Å². The number of likely N-dealkylation sites (N-methyl/N-ethyl adjacent to an activating group) is 1. The number of carbonyl (C=O) groups excluding carboxylic acids is 2. The van der Waals surface area contributed by atoms with Crippen molar-refractivity contribution in [2.45, 2.75) is 37.6 Å². The van der Waals surface area contributed by atoms with Gasteiger partial charge in [-0.25, -0.2) is 18.5 Å². The smallest absolute Gasteiger partial charge is 0.312 e. The fraction of sp³-hybridized carbons (Fsp3) is 0.438. The molecule has 2 aliphatic rings. The van der Waals surface area contributed by atoms with Gasteiger partial charge in [-0.15, -0.1) is 0 Å². The summed E-state index contributed by atoms with van der Waals surface area (Å²) in [6.45, 7) is 1.58. The maximum absolute atomic E-state index is 13.7. The SMILES string of the molecule is Cc1c(N2C(=O)N(C)C3(CCC(F)(F)C3)C2=O)ccc(C#N)c1Cl. The van der Waals surface area contributed by atoms with Crippen LogP contribution in [0.1, 0.15) is 30.4 Å². The molecule has 8 heteroatoms. The quantitative estimate of drug-likeness (QED) is 0.726. The van der Waals surface area contributed by atoms with E-state index < -0.39 is 36.2 Å². The lowest BCUT2D eigenvalue weighted by Gasteiger charge is -2.27. The van der Waals surface area contributed by atoms with Crippen LogP contribution in [0.3, 0.4) is 0 Å². The van der Waals surface area contributed by atoms with Crippen molar-refractivity contribution in [2.75, 3.05) is 11.9 Å². The highest BCUT2D eigenvalue weighted by Gasteiger charge is 2.64. The number of hydrogen-bond donors (Lipinski definition) is 0. The number of urea groups is 1. The van der Waals surface area contributed by atoms with E-state index in [0.29, 0.717) is 5.56 Å². The summed E-state index contributed by atoms with van der Waals surface area (Å²) < 4.78 is 27.4. The minimum absolute atomic E-state index is 0.0827. The first-order valence-electron chi connectivity index (χ1n) is 7.34. The van der Waals surface area contributed by atoms with Gasteiger partial charge in [0.2, 0.25) is 0 Å². The number of nitrogens with zero attached hydrogens (tertiary/aromatic N) is 3. The number of alkyl halides is 2. The standard InChI is InChI=1S/C16H14ClF2N3O2/c1-9-11(4-3-10(7-20)12(9)17)22-13(23)15(21(2)14(22)24)5-6-16(18,19)8-15/h3-4H,5-6,8H2,1-2H3. The topological polar surface area (TPSA) is 64.4 Å². The fourth-order valence-electron chi connectivity index (χ4n) is 3.45. The van der Waals surface area contributed by atoms with Crippen molar-refractivity contribution in [2.24, 2.45) is 0 Å². The maximum Gasteiger partial charge on any atom is 0.332 e. The van der Waals surface area contributed by atoms with Crippen molar-refractivity contribution in [1.82, 2.24) is 4.90 Å². The molecule has 1 atom stereocenters. The number of nitriles is 1. The van der Waals surface area contributed by atoms with E-state index in [0.717, 1.165) is 9.80 Å². The van der Waals surface area contributed by atoms with Crippen LogP contribution in [0.4, 0.5) is 19.3 Å². The number of amides is 3. The Morgan fingerprint density at radius 3 is 2.50 bits per heavy atom. The van der Waals surface area contributed by atoms with Crippen LogP contribution in [0, 0.1) is 18.3 Å². The molecule has 1 heterocycles. The Morgan fingerprint density at radius 2 is 1.96 bits per heavy atom. The summed E-state index contributed by atoms with van der Waals surface area (Å²) in [4.78, 5) is 27.5. The summed E-state index contributed by atoms with van der Waals surface area (Å²) in [6, 6.07) is 4.09. The van der Waals surface area contributed by atoms with Crippen molar-refractivity contribution in [3.8, 4) is 6.07 Å². The van der Waals surface area contributed by atoms with Gasteiger partial charge < -0.3 is 4.90 Å². The zero-order valence-corrected chi connectivity index (χ0v) is 13.8. The second-order valence-electron chi connectivity index (χ2n) is 6.23. The van der Waals surface area contributed by atoms with Crippen LogP contribution in [0.15, 0.2) is 12.1 Å². The van der Waals surface area contributed by atoms with Gasteiger partial charge in [-0.2, -0.15) is 5.26 Å². The molecule has 24 heavy (non-hydrogen) atoms. The van der Waals surface area contributed by atoms with E-state index in [9.17, 15) is 18.4 Å². The van der Waals surface area contributed by atoms with Crippen LogP contribution in [-0.4, -0.2) is 35.3 Å². The van der Waals surface area contributed by atoms with E-state index in [2.05, 4.69) is 0 Å². The van der Waals surface area contributed by atoms with Crippen LogP contribution in [-0.2, 0) is 4.79 Å². The zero-order chi connectivity index (χ0) is 17.9. The van der Waals surface area contributed by atoms with Crippen molar-refractivity contribution in [1.29, 1.82) is 5.26 Å². The molecular formula is C16H14ClF2N3O2. The Morgan fingerprint density at radius 1 is 1.29 bits per heavy atom. The number of rotatable bonds is 1. The van der Waals surface area contributed by atoms with Gasteiger partial charge in [0, 0.05) is 19.9 Å². The van der Waals surface area contributed by atoms with Crippen LogP contribution >= 0.6 is 11.6 Å². The summed E-state index contributed by atoms with van der Waals surface area (Å²) in [5.41, 5.74) is -0.707. The summed E-state index contributed by atoms with van der Waals surface area (Å²) >= 11 is 6.10. The first kappa shape index (κ1) is 16.7. The first-order valence-corrected chi connectivity index (χ1v) is 7.72. The Labute approximate surface area is 142 Å². The van der Waals surface area contributed by atoms with Gasteiger partial charge in [-0.1, -0.05) is 11.6 Å². The highest BCUT2D eigenvalue weighted by molar-refractivity contribution is 6.33. The number of carbonyl (C=O) groups is 2. The number of halogens is 3. The summed E-state index contributed by atoms with van der Waals surface area (Å²) in [7, 11) is 1.36. The largest absolute Gasteiger partial charge is 0.332 e. The minimum atomic E-state index is -2.97. The summed E-state index contributed by atoms with van der Waals surface area (Å²) in [5.74, 6) is -3.64. The summed E-state index contributed by atoms with van der Waals surface area (Å²) in [5, 5.41) is 9.13. The third kappa shape index (κ3) is 2.09. The lowest BCUT2D eigenvalue weighted by atomic mass is 9.95. The predicted octanol–water partition coefficient (Wildman–Crippen LogP) is 3.48. The highest BCUT2D eigenvalue weighted by Crippen LogP contribution is 2.49. The number of benzene rings is 1. The summed E-state index contributed by atoms with van der Waals surface area (Å²) in [6.07, 6.45) is -1.20. The molecule has 126 valence electrons. The van der Waals surface area contributed by atoms with Crippen molar-refractivity contribution < 1.29 is 18.4 Å². The molecule has 0 radical (unpaired) electrons. The number of anilines is 1. The van der Waals surface area contributed by atoms with Crippen LogP contribution < -0.4 is 4.90 Å². The van der Waals surface area contributed by atoms with Crippen molar-refractivity contribution in [3.05, 3.63) is 28.3 Å². The van der Waals surface area contributed by atoms with E-state index in [1.807, 2.05) is 6.07 Å². The van der Waals surface area contributed by atoms with E-state index >= 15 is 0 Å². The molecule has 0 aromatic heterocycles. The van der Waals surface area contributed by atoms with E-state index in [-0.39, 0.29) is 22.7 Å². The van der Waals surface area contributed by atoms with Gasteiger partial charge >= 0.3 is 6.03 Å². The lowest BCUT2D eigenvalue weighted by molar-refractivity contribution is -0.125. The van der Waals surface area contributed by atoms with Gasteiger partial charge in [0.15, 0.2) is 0 Å². The zero-order valence-electron chi connectivity index (χ0n) is 13.1. The second kappa shape index (κ2) is 5.15. The van der Waals surface area contributed by atoms with Crippen LogP contribution in [0.25, 0.3) is 0 Å². The molecule has 1 aromatic rings. The van der Waals surface area contributed by atoms with Gasteiger partial charge in [0.1, 0.15) is 11.6 Å². The molecule has 0 N–H and O–H groups in total. The molecule has 3 rings (SSSR count). The third-order valence-corrected chi connectivity index (χ3v) is 5.38. The van der Waals surface area contributed by atoms with Gasteiger partial charge in [-0.05, 0) is 31.0 Å². The Bertz CT molecular complexity index is 805. The normalized spacial score (nSPS) is 25.7. The maximum atomic E-state index is 13.7. The number of imide groups is 1. The average molecular weight is 354 g/mol. The highest BCUT2D eigenvalue weighted by atomic mass is 35.5. The third-order valence-electron chi connectivity index (χ3n) is 4.90. The monoisotopic (exact) mass is 353 g/mol. The predicted molar refractivity (Wildman–Crippen MR) is 83.1 cm³/mol. The molecule has 2 fully saturated rings. The second-order valence-corrected chi connectivity index (χ2v) is 6.61. The van der Waals surface area contributed by atoms with E-state index in [1.54, 1.807) is 6.92 Å². The van der Waals surface area contributed by atoms with Gasteiger partial charge in [-0.3, -0.25) is 4.79 Å². The molecule has 0 bridgehead atoms. The Hall–Kier alpha value is -2.20.